The quantitative estimate of drug-likeness (QED) is 0.0439. The SMILES string of the molecule is C=CCCOc1cccc(N=Cc2cccc(C(C)(C)c3ccccc3)c2O)c1.C=CCCOc1cccc(N=Cc2cccc(C(C)(C)c3ccccc3)c2O)c1.[Cl][Ti][Cl]. The van der Waals surface area contributed by atoms with Gasteiger partial charge in [-0.2, -0.15) is 0 Å². The maximum atomic E-state index is 10.9. The van der Waals surface area contributed by atoms with Gasteiger partial charge in [0, 0.05) is 57.6 Å². The number of nitrogens with zero attached hydrogens (tertiary/aromatic N) is 2. The molecule has 61 heavy (non-hydrogen) atoms. The molecule has 6 aromatic rings. The van der Waals surface area contributed by atoms with Crippen LogP contribution in [-0.4, -0.2) is 35.9 Å². The molecule has 0 fully saturated rings. The van der Waals surface area contributed by atoms with Gasteiger partial charge in [-0.05, 0) is 60.4 Å². The number of phenolic OH excluding ortho intramolecular Hbond substituents is 2. The summed E-state index contributed by atoms with van der Waals surface area (Å²) < 4.78 is 11.4. The summed E-state index contributed by atoms with van der Waals surface area (Å²) in [5, 5.41) is 21.9. The second-order valence-electron chi connectivity index (χ2n) is 14.9. The molecule has 0 bridgehead atoms. The molecule has 0 heterocycles. The van der Waals surface area contributed by atoms with Gasteiger partial charge in [0.1, 0.15) is 23.0 Å². The van der Waals surface area contributed by atoms with Crippen LogP contribution >= 0.6 is 18.6 Å². The van der Waals surface area contributed by atoms with Crippen LogP contribution in [0.1, 0.15) is 73.9 Å². The predicted molar refractivity (Wildman–Crippen MR) is 253 cm³/mol. The van der Waals surface area contributed by atoms with Crippen LogP contribution in [-0.2, 0) is 27.9 Å². The Balaban J connectivity index is 0.000000252. The summed E-state index contributed by atoms with van der Waals surface area (Å²) in [6.45, 7) is 17.0. The third-order valence-electron chi connectivity index (χ3n) is 9.99. The van der Waals surface area contributed by atoms with E-state index in [1.54, 1.807) is 12.4 Å². The number of aromatic hydroxyl groups is 2. The number of para-hydroxylation sites is 2. The third kappa shape index (κ3) is 14.4. The molecule has 9 heteroatoms. The number of ether oxygens (including phenoxy) is 2. The Morgan fingerprint density at radius 2 is 0.902 bits per heavy atom. The van der Waals surface area contributed by atoms with Gasteiger partial charge in [-0.25, -0.2) is 0 Å². The van der Waals surface area contributed by atoms with Crippen molar-refractivity contribution in [3.63, 3.8) is 0 Å². The predicted octanol–water partition coefficient (Wildman–Crippen LogP) is 14.2. The van der Waals surface area contributed by atoms with Gasteiger partial charge in [0.25, 0.3) is 0 Å². The van der Waals surface area contributed by atoms with E-state index in [0.717, 1.165) is 58.0 Å². The molecule has 0 aliphatic heterocycles. The zero-order valence-corrected chi connectivity index (χ0v) is 38.3. The van der Waals surface area contributed by atoms with Crippen molar-refractivity contribution in [3.05, 3.63) is 204 Å². The van der Waals surface area contributed by atoms with Crippen molar-refractivity contribution in [2.24, 2.45) is 9.98 Å². The van der Waals surface area contributed by atoms with E-state index in [9.17, 15) is 10.2 Å². The van der Waals surface area contributed by atoms with Crippen LogP contribution in [0.5, 0.6) is 23.0 Å². The zero-order valence-electron chi connectivity index (χ0n) is 35.3. The summed E-state index contributed by atoms with van der Waals surface area (Å²) >= 11 is -0.556. The molecule has 314 valence electrons. The molecule has 0 aliphatic rings. The van der Waals surface area contributed by atoms with Crippen LogP contribution in [0.2, 0.25) is 0 Å². The third-order valence-corrected chi connectivity index (χ3v) is 9.99. The maximum absolute atomic E-state index is 10.9. The number of hydrogen-bond donors (Lipinski definition) is 2. The number of benzene rings is 6. The van der Waals surface area contributed by atoms with Gasteiger partial charge >= 0.3 is 35.6 Å². The van der Waals surface area contributed by atoms with Crippen molar-refractivity contribution in [2.75, 3.05) is 13.2 Å². The van der Waals surface area contributed by atoms with Crippen LogP contribution in [0, 0.1) is 0 Å². The van der Waals surface area contributed by atoms with E-state index in [4.69, 9.17) is 28.1 Å². The fraction of sp³-hybridized carbons (Fsp3) is 0.192. The van der Waals surface area contributed by atoms with Crippen molar-refractivity contribution >= 4 is 42.4 Å². The Kier molecular flexibility index (Phi) is 19.6. The van der Waals surface area contributed by atoms with E-state index in [1.165, 1.54) is 0 Å². The fourth-order valence-corrected chi connectivity index (χ4v) is 6.48. The first-order valence-corrected chi connectivity index (χ1v) is 24.2. The number of aliphatic imine (C=N–C) groups is 2. The molecule has 0 saturated carbocycles. The van der Waals surface area contributed by atoms with Crippen molar-refractivity contribution in [1.82, 2.24) is 0 Å². The standard InChI is InChI=1S/2C26H27NO2.2ClH.Ti/c2*1-4-5-17-29-23-15-10-14-22(18-23)27-19-20-11-9-16-24(25(20)28)26(2,3)21-12-7-6-8-13-21;;;/h2*4,6-16,18-19,28H,1,5,17H2,2-3H3;2*1H;/q;;;;+2/p-2. The van der Waals surface area contributed by atoms with E-state index in [2.05, 4.69) is 75.1 Å². The van der Waals surface area contributed by atoms with E-state index >= 15 is 0 Å². The number of phenols is 2. The molecular weight excluding hydrogens is 835 g/mol. The number of rotatable bonds is 16. The Labute approximate surface area is 378 Å². The molecule has 0 aromatic heterocycles. The van der Waals surface area contributed by atoms with E-state index in [1.807, 2.05) is 133 Å². The molecule has 2 N–H and O–H groups in total. The van der Waals surface area contributed by atoms with Crippen molar-refractivity contribution < 1.29 is 36.7 Å². The van der Waals surface area contributed by atoms with Crippen molar-refractivity contribution in [1.29, 1.82) is 0 Å². The first-order valence-electron chi connectivity index (χ1n) is 19.9. The molecule has 0 saturated heterocycles. The Morgan fingerprint density at radius 3 is 1.26 bits per heavy atom. The van der Waals surface area contributed by atoms with Crippen LogP contribution in [0.3, 0.4) is 0 Å². The topological polar surface area (TPSA) is 83.6 Å². The summed E-state index contributed by atoms with van der Waals surface area (Å²) in [7, 11) is 9.78. The molecule has 0 aliphatic carbocycles. The van der Waals surface area contributed by atoms with Crippen LogP contribution < -0.4 is 9.47 Å². The Bertz CT molecular complexity index is 2180. The van der Waals surface area contributed by atoms with Crippen LogP contribution in [0.25, 0.3) is 0 Å². The molecule has 0 unspecified atom stereocenters. The van der Waals surface area contributed by atoms with Crippen molar-refractivity contribution in [2.45, 2.75) is 51.4 Å². The fourth-order valence-electron chi connectivity index (χ4n) is 6.48. The second-order valence-corrected chi connectivity index (χ2v) is 17.5. The minimum atomic E-state index is -0.556. The molecule has 0 radical (unpaired) electrons. The molecule has 6 rings (SSSR count). The van der Waals surface area contributed by atoms with Gasteiger partial charge in [-0.15, -0.1) is 13.2 Å². The first-order chi connectivity index (χ1) is 29.5. The van der Waals surface area contributed by atoms with E-state index in [-0.39, 0.29) is 22.3 Å². The molecule has 6 aromatic carbocycles. The second kappa shape index (κ2) is 24.8. The summed E-state index contributed by atoms with van der Waals surface area (Å²) in [5.41, 5.74) is 6.30. The number of halogens is 2. The van der Waals surface area contributed by atoms with Crippen molar-refractivity contribution in [3.8, 4) is 23.0 Å². The Hall–Kier alpha value is -5.37. The molecule has 6 nitrogen and oxygen atoms in total. The Morgan fingerprint density at radius 1 is 0.541 bits per heavy atom. The minimum absolute atomic E-state index is 0.253. The van der Waals surface area contributed by atoms with Gasteiger partial charge < -0.3 is 19.7 Å². The normalized spacial score (nSPS) is 11.2. The van der Waals surface area contributed by atoms with E-state index in [0.29, 0.717) is 24.3 Å². The summed E-state index contributed by atoms with van der Waals surface area (Å²) in [6, 6.07) is 47.2. The monoisotopic (exact) mass is 888 g/mol. The first kappa shape index (κ1) is 48.3. The van der Waals surface area contributed by atoms with Gasteiger partial charge in [0.2, 0.25) is 0 Å². The average molecular weight is 890 g/mol. The van der Waals surface area contributed by atoms with Crippen LogP contribution in [0.15, 0.2) is 181 Å². The summed E-state index contributed by atoms with van der Waals surface area (Å²) in [5.74, 6) is 2.04. The molecular formula is C52H54Cl2N2O4Ti. The molecule has 0 amide bonds. The molecule has 0 atom stereocenters. The van der Waals surface area contributed by atoms with Gasteiger partial charge in [0.15, 0.2) is 0 Å². The van der Waals surface area contributed by atoms with Gasteiger partial charge in [0.05, 0.1) is 24.6 Å². The molecule has 0 spiro atoms. The zero-order chi connectivity index (χ0) is 44.1. The average Bonchev–Trinajstić information content (AvgIpc) is 3.27. The number of hydrogen-bond acceptors (Lipinski definition) is 6. The van der Waals surface area contributed by atoms with Gasteiger partial charge in [-0.1, -0.05) is 137 Å². The van der Waals surface area contributed by atoms with E-state index < -0.39 is 17.0 Å². The van der Waals surface area contributed by atoms with Crippen LogP contribution in [0.4, 0.5) is 11.4 Å². The summed E-state index contributed by atoms with van der Waals surface area (Å²) in [6.07, 6.45) is 8.64. The van der Waals surface area contributed by atoms with Gasteiger partial charge in [-0.3, -0.25) is 9.98 Å². The summed E-state index contributed by atoms with van der Waals surface area (Å²) in [4.78, 5) is 9.07.